The van der Waals surface area contributed by atoms with Crippen LogP contribution in [0.15, 0.2) is 18.2 Å². The van der Waals surface area contributed by atoms with Crippen LogP contribution < -0.4 is 10.6 Å². The quantitative estimate of drug-likeness (QED) is 0.292. The Morgan fingerprint density at radius 1 is 1.08 bits per heavy atom. The van der Waals surface area contributed by atoms with E-state index in [1.54, 1.807) is 20.8 Å². The summed E-state index contributed by atoms with van der Waals surface area (Å²) in [6.07, 6.45) is 1.42. The number of benzene rings is 1. The van der Waals surface area contributed by atoms with Crippen molar-refractivity contribution < 1.29 is 33.8 Å². The molecule has 2 atom stereocenters. The van der Waals surface area contributed by atoms with E-state index < -0.39 is 48.2 Å². The third kappa shape index (κ3) is 9.49. The molecule has 10 heteroatoms. The first-order chi connectivity index (χ1) is 16.9. The van der Waals surface area contributed by atoms with Crippen LogP contribution in [-0.4, -0.2) is 72.3 Å². The van der Waals surface area contributed by atoms with Gasteiger partial charge in [-0.3, -0.25) is 14.4 Å². The Kier molecular flexibility index (Phi) is 12.4. The van der Waals surface area contributed by atoms with Gasteiger partial charge in [-0.25, -0.2) is 4.79 Å². The third-order valence-corrected chi connectivity index (χ3v) is 5.47. The SMILES string of the molecule is CCCCCN(C(=O)C(CO)NC(=O)OC(C)(C)C)C(C(=O)NCC(=O)OC)c1c(C)cccc1C. The van der Waals surface area contributed by atoms with Gasteiger partial charge in [-0.1, -0.05) is 38.0 Å². The van der Waals surface area contributed by atoms with E-state index in [0.29, 0.717) is 12.0 Å². The maximum Gasteiger partial charge on any atom is 0.408 e. The van der Waals surface area contributed by atoms with Crippen LogP contribution >= 0.6 is 0 Å². The number of nitrogens with one attached hydrogen (secondary N) is 2. The summed E-state index contributed by atoms with van der Waals surface area (Å²) >= 11 is 0. The first kappa shape index (κ1) is 30.9. The monoisotopic (exact) mass is 507 g/mol. The normalized spacial score (nSPS) is 12.8. The first-order valence-corrected chi connectivity index (χ1v) is 12.2. The van der Waals surface area contributed by atoms with Crippen LogP contribution in [0.1, 0.15) is 69.7 Å². The van der Waals surface area contributed by atoms with Gasteiger partial charge in [0.2, 0.25) is 11.8 Å². The van der Waals surface area contributed by atoms with Gasteiger partial charge in [-0.15, -0.1) is 0 Å². The van der Waals surface area contributed by atoms with E-state index in [-0.39, 0.29) is 13.1 Å². The molecule has 0 fully saturated rings. The van der Waals surface area contributed by atoms with E-state index in [4.69, 9.17) is 4.74 Å². The number of hydrogen-bond donors (Lipinski definition) is 3. The van der Waals surface area contributed by atoms with Crippen molar-refractivity contribution in [1.82, 2.24) is 15.5 Å². The molecule has 0 aromatic heterocycles. The summed E-state index contributed by atoms with van der Waals surface area (Å²) in [5, 5.41) is 15.0. The molecule has 1 rings (SSSR count). The van der Waals surface area contributed by atoms with Crippen molar-refractivity contribution in [1.29, 1.82) is 0 Å². The Labute approximate surface area is 213 Å². The number of ether oxygens (including phenoxy) is 2. The summed E-state index contributed by atoms with van der Waals surface area (Å²) in [5.41, 5.74) is 1.37. The largest absolute Gasteiger partial charge is 0.468 e. The molecule has 3 amide bonds. The van der Waals surface area contributed by atoms with E-state index in [1.165, 1.54) is 12.0 Å². The molecule has 202 valence electrons. The second kappa shape index (κ2) is 14.4. The maximum atomic E-state index is 13.7. The number of methoxy groups -OCH3 is 1. The summed E-state index contributed by atoms with van der Waals surface area (Å²) in [4.78, 5) is 52.6. The van der Waals surface area contributed by atoms with Crippen LogP contribution in [0.3, 0.4) is 0 Å². The van der Waals surface area contributed by atoms with Crippen molar-refractivity contribution in [3.8, 4) is 0 Å². The summed E-state index contributed by atoms with van der Waals surface area (Å²) in [6, 6.07) is 3.08. The van der Waals surface area contributed by atoms with Crippen molar-refractivity contribution in [3.05, 3.63) is 34.9 Å². The lowest BCUT2D eigenvalue weighted by atomic mass is 9.93. The fraction of sp³-hybridized carbons (Fsp3) is 0.615. The second-order valence-electron chi connectivity index (χ2n) is 9.62. The molecule has 3 N–H and O–H groups in total. The lowest BCUT2D eigenvalue weighted by Crippen LogP contribution is -2.55. The fourth-order valence-corrected chi connectivity index (χ4v) is 3.75. The van der Waals surface area contributed by atoms with Crippen LogP contribution in [0.2, 0.25) is 0 Å². The highest BCUT2D eigenvalue weighted by Crippen LogP contribution is 2.29. The van der Waals surface area contributed by atoms with Gasteiger partial charge in [0.15, 0.2) is 0 Å². The number of amides is 3. The van der Waals surface area contributed by atoms with Gasteiger partial charge in [0, 0.05) is 6.54 Å². The van der Waals surface area contributed by atoms with E-state index in [1.807, 2.05) is 39.0 Å². The summed E-state index contributed by atoms with van der Waals surface area (Å²) in [5.74, 6) is -1.84. The number of carbonyl (C=O) groups excluding carboxylic acids is 4. The lowest BCUT2D eigenvalue weighted by molar-refractivity contribution is -0.145. The minimum absolute atomic E-state index is 0.198. The molecular formula is C26H41N3O7. The summed E-state index contributed by atoms with van der Waals surface area (Å²) < 4.78 is 9.88. The van der Waals surface area contributed by atoms with Crippen molar-refractivity contribution in [2.45, 2.75) is 78.5 Å². The molecule has 0 bridgehead atoms. The Balaban J connectivity index is 3.48. The molecule has 1 aromatic carbocycles. The summed E-state index contributed by atoms with van der Waals surface area (Å²) in [6.45, 7) is 9.87. The number of carbonyl (C=O) groups is 4. The molecule has 0 spiro atoms. The number of rotatable bonds is 12. The van der Waals surface area contributed by atoms with Crippen LogP contribution in [0.4, 0.5) is 4.79 Å². The highest BCUT2D eigenvalue weighted by molar-refractivity contribution is 5.93. The highest BCUT2D eigenvalue weighted by Gasteiger charge is 2.37. The van der Waals surface area contributed by atoms with Crippen LogP contribution in [-0.2, 0) is 23.9 Å². The second-order valence-corrected chi connectivity index (χ2v) is 9.62. The average Bonchev–Trinajstić information content (AvgIpc) is 2.80. The Morgan fingerprint density at radius 2 is 1.69 bits per heavy atom. The molecule has 36 heavy (non-hydrogen) atoms. The molecule has 0 aliphatic carbocycles. The molecule has 0 aliphatic heterocycles. The van der Waals surface area contributed by atoms with Crippen LogP contribution in [0.25, 0.3) is 0 Å². The van der Waals surface area contributed by atoms with E-state index in [9.17, 15) is 24.3 Å². The number of nitrogens with zero attached hydrogens (tertiary/aromatic N) is 1. The topological polar surface area (TPSA) is 134 Å². The predicted molar refractivity (Wildman–Crippen MR) is 135 cm³/mol. The van der Waals surface area contributed by atoms with Crippen molar-refractivity contribution in [2.24, 2.45) is 0 Å². The number of aryl methyl sites for hydroxylation is 2. The molecule has 10 nitrogen and oxygen atoms in total. The zero-order valence-corrected chi connectivity index (χ0v) is 22.5. The molecular weight excluding hydrogens is 466 g/mol. The number of esters is 1. The number of alkyl carbamates (subject to hydrolysis) is 1. The Hall–Kier alpha value is -3.14. The molecule has 0 saturated heterocycles. The van der Waals surface area contributed by atoms with Gasteiger partial charge in [0.25, 0.3) is 0 Å². The zero-order valence-electron chi connectivity index (χ0n) is 22.5. The lowest BCUT2D eigenvalue weighted by Gasteiger charge is -2.35. The van der Waals surface area contributed by atoms with Gasteiger partial charge in [-0.2, -0.15) is 0 Å². The number of aliphatic hydroxyl groups is 1. The molecule has 1 aromatic rings. The van der Waals surface area contributed by atoms with Crippen molar-refractivity contribution >= 4 is 23.9 Å². The smallest absolute Gasteiger partial charge is 0.408 e. The van der Waals surface area contributed by atoms with Crippen LogP contribution in [0, 0.1) is 13.8 Å². The van der Waals surface area contributed by atoms with E-state index in [2.05, 4.69) is 15.4 Å². The number of hydrogen-bond acceptors (Lipinski definition) is 7. The van der Waals surface area contributed by atoms with E-state index >= 15 is 0 Å². The molecule has 0 saturated carbocycles. The van der Waals surface area contributed by atoms with Gasteiger partial charge in [0.05, 0.1) is 13.7 Å². The van der Waals surface area contributed by atoms with Gasteiger partial charge in [0.1, 0.15) is 24.2 Å². The fourth-order valence-electron chi connectivity index (χ4n) is 3.75. The minimum atomic E-state index is -1.33. The average molecular weight is 508 g/mol. The van der Waals surface area contributed by atoms with Gasteiger partial charge >= 0.3 is 12.1 Å². The molecule has 2 unspecified atom stereocenters. The van der Waals surface area contributed by atoms with Crippen LogP contribution in [0.5, 0.6) is 0 Å². The Bertz CT molecular complexity index is 891. The summed E-state index contributed by atoms with van der Waals surface area (Å²) in [7, 11) is 1.21. The minimum Gasteiger partial charge on any atom is -0.468 e. The third-order valence-electron chi connectivity index (χ3n) is 5.47. The van der Waals surface area contributed by atoms with Gasteiger partial charge < -0.3 is 30.1 Å². The maximum absolute atomic E-state index is 13.7. The number of unbranched alkanes of at least 4 members (excludes halogenated alkanes) is 2. The number of aliphatic hydroxyl groups excluding tert-OH is 1. The van der Waals surface area contributed by atoms with Gasteiger partial charge in [-0.05, 0) is 57.7 Å². The first-order valence-electron chi connectivity index (χ1n) is 12.2. The molecule has 0 aliphatic rings. The van der Waals surface area contributed by atoms with E-state index in [0.717, 1.165) is 24.0 Å². The Morgan fingerprint density at radius 3 is 2.19 bits per heavy atom. The molecule has 0 radical (unpaired) electrons. The highest BCUT2D eigenvalue weighted by atomic mass is 16.6. The van der Waals surface area contributed by atoms with Crippen molar-refractivity contribution in [3.63, 3.8) is 0 Å². The standard InChI is InChI=1S/C26H41N3O7/c1-8-9-10-14-29(24(33)19(16-30)28-25(34)36-26(4,5)6)22(23(32)27-15-20(31)35-7)21-17(2)12-11-13-18(21)3/h11-13,19,22,30H,8-10,14-16H2,1-7H3,(H,27,32)(H,28,34). The predicted octanol–water partition coefficient (Wildman–Crippen LogP) is 2.54. The zero-order chi connectivity index (χ0) is 27.5. The van der Waals surface area contributed by atoms with Crippen molar-refractivity contribution in [2.75, 3.05) is 26.8 Å². The molecule has 0 heterocycles.